The van der Waals surface area contributed by atoms with E-state index in [0.717, 1.165) is 11.1 Å². The largest absolute Gasteiger partial charge is 0.441 e. The molecular formula is C24H22ClN5O3. The molecule has 33 heavy (non-hydrogen) atoms. The summed E-state index contributed by atoms with van der Waals surface area (Å²) in [6.45, 7) is 6.19. The van der Waals surface area contributed by atoms with E-state index in [0.29, 0.717) is 34.0 Å². The van der Waals surface area contributed by atoms with Crippen LogP contribution in [0.4, 0.5) is 5.69 Å². The normalized spacial score (nSPS) is 19.8. The quantitative estimate of drug-likeness (QED) is 0.501. The Balaban J connectivity index is 1.37. The first-order valence-corrected chi connectivity index (χ1v) is 11.1. The summed E-state index contributed by atoms with van der Waals surface area (Å²) in [7, 11) is 0. The second-order valence-electron chi connectivity index (χ2n) is 8.48. The molecule has 2 amide bonds. The third-order valence-corrected chi connectivity index (χ3v) is 6.22. The molecule has 0 spiro atoms. The highest BCUT2D eigenvalue weighted by atomic mass is 35.5. The summed E-state index contributed by atoms with van der Waals surface area (Å²) in [6, 6.07) is 13.0. The summed E-state index contributed by atoms with van der Waals surface area (Å²) >= 11 is 5.96. The number of carbonyl (C=O) groups excluding carboxylic acids is 2. The number of hydrogen-bond donors (Lipinski definition) is 0. The van der Waals surface area contributed by atoms with Crippen molar-refractivity contribution in [2.24, 2.45) is 10.3 Å². The SMILES string of the molecule is Cc1oc(-c2ccc(Cl)cc2)nc1CN1N=NC2C(=O)N(c3ccc(C(C)C)cc3)C(=O)C21. The maximum atomic E-state index is 13.2. The molecule has 1 aromatic heterocycles. The van der Waals surface area contributed by atoms with Crippen LogP contribution in [0.25, 0.3) is 11.5 Å². The van der Waals surface area contributed by atoms with Crippen molar-refractivity contribution in [1.82, 2.24) is 9.99 Å². The second-order valence-corrected chi connectivity index (χ2v) is 8.92. The van der Waals surface area contributed by atoms with Gasteiger partial charge in [-0.2, -0.15) is 5.11 Å². The molecule has 0 N–H and O–H groups in total. The van der Waals surface area contributed by atoms with Gasteiger partial charge in [0.2, 0.25) is 5.89 Å². The van der Waals surface area contributed by atoms with Crippen LogP contribution in [0.1, 0.15) is 36.8 Å². The second kappa shape index (κ2) is 8.12. The summed E-state index contributed by atoms with van der Waals surface area (Å²) in [5.41, 5.74) is 3.09. The number of benzene rings is 2. The minimum Gasteiger partial charge on any atom is -0.441 e. The van der Waals surface area contributed by atoms with E-state index in [4.69, 9.17) is 16.0 Å². The Morgan fingerprint density at radius 2 is 1.73 bits per heavy atom. The van der Waals surface area contributed by atoms with Crippen LogP contribution in [-0.2, 0) is 16.1 Å². The molecule has 0 radical (unpaired) electrons. The van der Waals surface area contributed by atoms with Gasteiger partial charge in [-0.1, -0.05) is 42.8 Å². The Morgan fingerprint density at radius 3 is 2.39 bits per heavy atom. The molecule has 2 aliphatic heterocycles. The predicted octanol–water partition coefficient (Wildman–Crippen LogP) is 4.92. The van der Waals surface area contributed by atoms with Crippen molar-refractivity contribution < 1.29 is 14.0 Å². The third-order valence-electron chi connectivity index (χ3n) is 5.97. The van der Waals surface area contributed by atoms with Gasteiger partial charge in [-0.25, -0.2) is 9.88 Å². The predicted molar refractivity (Wildman–Crippen MR) is 123 cm³/mol. The maximum Gasteiger partial charge on any atom is 0.263 e. The number of anilines is 1. The van der Waals surface area contributed by atoms with Crippen LogP contribution in [0.2, 0.25) is 5.02 Å². The van der Waals surface area contributed by atoms with Crippen LogP contribution in [0.15, 0.2) is 63.3 Å². The molecule has 9 heteroatoms. The van der Waals surface area contributed by atoms with Crippen LogP contribution >= 0.6 is 11.6 Å². The highest BCUT2D eigenvalue weighted by molar-refractivity contribution is 6.30. The summed E-state index contributed by atoms with van der Waals surface area (Å²) in [6.07, 6.45) is 0. The van der Waals surface area contributed by atoms with Crippen molar-refractivity contribution in [2.45, 2.75) is 45.3 Å². The molecule has 2 aromatic carbocycles. The molecule has 2 atom stereocenters. The maximum absolute atomic E-state index is 13.2. The van der Waals surface area contributed by atoms with E-state index >= 15 is 0 Å². The fourth-order valence-corrected chi connectivity index (χ4v) is 4.19. The van der Waals surface area contributed by atoms with E-state index in [-0.39, 0.29) is 18.4 Å². The monoisotopic (exact) mass is 463 g/mol. The topological polar surface area (TPSA) is 91.4 Å². The standard InChI is InChI=1S/C24H22ClN5O3/c1-13(2)15-6-10-18(11-7-15)30-23(31)20-21(24(30)32)29(28-27-20)12-19-14(3)33-22(26-19)16-4-8-17(25)9-5-16/h4-11,13,20-21H,12H2,1-3H3. The molecule has 2 unspecified atom stereocenters. The molecule has 0 saturated carbocycles. The lowest BCUT2D eigenvalue weighted by Gasteiger charge is -2.20. The first-order valence-electron chi connectivity index (χ1n) is 10.7. The zero-order valence-corrected chi connectivity index (χ0v) is 19.2. The first-order chi connectivity index (χ1) is 15.8. The number of hydrogen-bond acceptors (Lipinski definition) is 7. The van der Waals surface area contributed by atoms with Gasteiger partial charge in [0.15, 0.2) is 12.1 Å². The summed E-state index contributed by atoms with van der Waals surface area (Å²) in [5, 5.41) is 10.3. The Morgan fingerprint density at radius 1 is 1.03 bits per heavy atom. The lowest BCUT2D eigenvalue weighted by molar-refractivity contribution is -0.123. The number of nitrogens with zero attached hydrogens (tertiary/aromatic N) is 5. The number of aryl methyl sites for hydroxylation is 1. The number of amides is 2. The molecule has 1 fully saturated rings. The average Bonchev–Trinajstić information content (AvgIpc) is 3.45. The third kappa shape index (κ3) is 3.70. The Kier molecular flexibility index (Phi) is 5.25. The van der Waals surface area contributed by atoms with Crippen molar-refractivity contribution in [3.63, 3.8) is 0 Å². The van der Waals surface area contributed by atoms with Crippen molar-refractivity contribution >= 4 is 29.1 Å². The minimum atomic E-state index is -0.856. The minimum absolute atomic E-state index is 0.201. The van der Waals surface area contributed by atoms with E-state index in [1.54, 1.807) is 31.2 Å². The number of rotatable bonds is 5. The number of carbonyl (C=O) groups is 2. The van der Waals surface area contributed by atoms with E-state index < -0.39 is 12.1 Å². The molecule has 1 saturated heterocycles. The van der Waals surface area contributed by atoms with Crippen LogP contribution in [0.3, 0.4) is 0 Å². The molecule has 5 rings (SSSR count). The van der Waals surface area contributed by atoms with Gasteiger partial charge in [0, 0.05) is 10.6 Å². The van der Waals surface area contributed by atoms with E-state index in [9.17, 15) is 9.59 Å². The van der Waals surface area contributed by atoms with Gasteiger partial charge in [0.05, 0.1) is 12.2 Å². The lowest BCUT2D eigenvalue weighted by Crippen LogP contribution is -2.39. The van der Waals surface area contributed by atoms with Gasteiger partial charge < -0.3 is 4.42 Å². The van der Waals surface area contributed by atoms with Gasteiger partial charge in [0.1, 0.15) is 11.5 Å². The van der Waals surface area contributed by atoms with E-state index in [1.807, 2.05) is 24.3 Å². The fraction of sp³-hybridized carbons (Fsp3) is 0.292. The highest BCUT2D eigenvalue weighted by Crippen LogP contribution is 2.34. The molecule has 168 valence electrons. The Bertz CT molecular complexity index is 1250. The lowest BCUT2D eigenvalue weighted by atomic mass is 10.0. The summed E-state index contributed by atoms with van der Waals surface area (Å²) < 4.78 is 5.82. The summed E-state index contributed by atoms with van der Waals surface area (Å²) in [4.78, 5) is 32.0. The molecule has 0 aliphatic carbocycles. The number of halogens is 1. The van der Waals surface area contributed by atoms with Gasteiger partial charge >= 0.3 is 0 Å². The van der Waals surface area contributed by atoms with E-state index in [2.05, 4.69) is 29.2 Å². The van der Waals surface area contributed by atoms with E-state index in [1.165, 1.54) is 9.91 Å². The molecule has 3 heterocycles. The van der Waals surface area contributed by atoms with Crippen LogP contribution in [0, 0.1) is 6.92 Å². The van der Waals surface area contributed by atoms with Crippen LogP contribution < -0.4 is 4.90 Å². The fourth-order valence-electron chi connectivity index (χ4n) is 4.06. The molecule has 2 aliphatic rings. The van der Waals surface area contributed by atoms with Crippen molar-refractivity contribution in [3.8, 4) is 11.5 Å². The molecular weight excluding hydrogens is 442 g/mol. The average molecular weight is 464 g/mol. The zero-order valence-electron chi connectivity index (χ0n) is 18.4. The zero-order chi connectivity index (χ0) is 23.3. The number of oxazole rings is 1. The molecule has 0 bridgehead atoms. The van der Waals surface area contributed by atoms with Gasteiger partial charge in [-0.15, -0.1) is 0 Å². The smallest absolute Gasteiger partial charge is 0.263 e. The van der Waals surface area contributed by atoms with Gasteiger partial charge in [0.25, 0.3) is 11.8 Å². The Hall–Kier alpha value is -3.52. The molecule has 3 aromatic rings. The van der Waals surface area contributed by atoms with Gasteiger partial charge in [-0.3, -0.25) is 14.6 Å². The summed E-state index contributed by atoms with van der Waals surface area (Å²) in [5.74, 6) is 0.707. The number of fused-ring (bicyclic) bond motifs is 1. The highest BCUT2D eigenvalue weighted by Gasteiger charge is 2.54. The van der Waals surface area contributed by atoms with Crippen molar-refractivity contribution in [2.75, 3.05) is 4.90 Å². The van der Waals surface area contributed by atoms with Crippen molar-refractivity contribution in [1.29, 1.82) is 0 Å². The van der Waals surface area contributed by atoms with Crippen LogP contribution in [0.5, 0.6) is 0 Å². The Labute approximate surface area is 195 Å². The number of aromatic nitrogens is 1. The molecule has 8 nitrogen and oxygen atoms in total. The van der Waals surface area contributed by atoms with Gasteiger partial charge in [-0.05, 0) is 54.8 Å². The first kappa shape index (κ1) is 21.3. The van der Waals surface area contributed by atoms with Crippen molar-refractivity contribution in [3.05, 3.63) is 70.6 Å². The number of imide groups is 1. The van der Waals surface area contributed by atoms with Crippen LogP contribution in [-0.4, -0.2) is 33.9 Å².